The van der Waals surface area contributed by atoms with Gasteiger partial charge in [0.1, 0.15) is 0 Å². The van der Waals surface area contributed by atoms with E-state index in [0.29, 0.717) is 20.8 Å². The lowest BCUT2D eigenvalue weighted by Crippen LogP contribution is -2.09. The Balaban J connectivity index is 1.46. The second-order valence-electron chi connectivity index (χ2n) is 6.73. The van der Waals surface area contributed by atoms with Crippen LogP contribution in [0.1, 0.15) is 21.5 Å². The maximum atomic E-state index is 12.6. The van der Waals surface area contributed by atoms with Gasteiger partial charge in [-0.2, -0.15) is 5.26 Å². The Labute approximate surface area is 204 Å². The first-order valence-corrected chi connectivity index (χ1v) is 12.0. The zero-order chi connectivity index (χ0) is 23.2. The number of thioether (sulfide) groups is 1. The zero-order valence-electron chi connectivity index (χ0n) is 17.4. The first-order chi connectivity index (χ1) is 16.1. The van der Waals surface area contributed by atoms with Crippen molar-refractivity contribution in [3.05, 3.63) is 93.4 Å². The van der Waals surface area contributed by atoms with E-state index in [4.69, 9.17) is 27.0 Å². The van der Waals surface area contributed by atoms with Gasteiger partial charge in [0, 0.05) is 11.8 Å². The molecule has 0 saturated heterocycles. The van der Waals surface area contributed by atoms with E-state index < -0.39 is 5.97 Å². The minimum atomic E-state index is -0.537. The number of carbonyl (C=O) groups is 1. The van der Waals surface area contributed by atoms with Crippen LogP contribution in [0.4, 0.5) is 0 Å². The molecule has 0 fully saturated rings. The third kappa shape index (κ3) is 5.49. The van der Waals surface area contributed by atoms with E-state index in [1.165, 1.54) is 36.1 Å². The number of aromatic nitrogens is 2. The van der Waals surface area contributed by atoms with Crippen molar-refractivity contribution in [3.63, 3.8) is 0 Å². The van der Waals surface area contributed by atoms with Crippen molar-refractivity contribution in [2.75, 3.05) is 7.11 Å². The highest BCUT2D eigenvalue weighted by Crippen LogP contribution is 2.29. The van der Waals surface area contributed by atoms with E-state index in [0.717, 1.165) is 15.8 Å². The Kier molecular flexibility index (Phi) is 7.19. The number of carbonyl (C=O) groups excluding carboxylic acids is 1. The molecule has 0 unspecified atom stereocenters. The Morgan fingerprint density at radius 2 is 1.88 bits per heavy atom. The molecule has 0 amide bonds. The van der Waals surface area contributed by atoms with Crippen molar-refractivity contribution in [3.8, 4) is 23.3 Å². The second kappa shape index (κ2) is 10.4. The SMILES string of the molecule is COc1cc(C#N)ccc1OC(=O)c1ccc(-n2nc(SCc3ccccc3)sc2=S)cc1. The van der Waals surface area contributed by atoms with E-state index in [-0.39, 0.29) is 5.75 Å². The predicted molar refractivity (Wildman–Crippen MR) is 131 cm³/mol. The van der Waals surface area contributed by atoms with Crippen LogP contribution in [0.2, 0.25) is 0 Å². The number of nitriles is 1. The number of nitrogens with zero attached hydrogens (tertiary/aromatic N) is 3. The van der Waals surface area contributed by atoms with Crippen molar-refractivity contribution in [2.45, 2.75) is 10.1 Å². The second-order valence-corrected chi connectivity index (χ2v) is 9.58. The monoisotopic (exact) mass is 491 g/mol. The molecule has 0 aliphatic rings. The van der Waals surface area contributed by atoms with Gasteiger partial charge in [0.05, 0.1) is 30.0 Å². The van der Waals surface area contributed by atoms with E-state index >= 15 is 0 Å². The molecule has 1 aromatic heterocycles. The van der Waals surface area contributed by atoms with Crippen molar-refractivity contribution in [1.82, 2.24) is 9.78 Å². The van der Waals surface area contributed by atoms with Crippen LogP contribution in [-0.4, -0.2) is 22.9 Å². The average molecular weight is 492 g/mol. The Bertz CT molecular complexity index is 1370. The number of methoxy groups -OCH3 is 1. The van der Waals surface area contributed by atoms with Crippen LogP contribution in [0.5, 0.6) is 11.5 Å². The molecule has 4 rings (SSSR count). The van der Waals surface area contributed by atoms with Crippen LogP contribution in [0.25, 0.3) is 5.69 Å². The Morgan fingerprint density at radius 3 is 2.58 bits per heavy atom. The van der Waals surface area contributed by atoms with Gasteiger partial charge in [0.15, 0.2) is 19.8 Å². The van der Waals surface area contributed by atoms with E-state index in [1.54, 1.807) is 46.8 Å². The van der Waals surface area contributed by atoms with Crippen LogP contribution in [0.3, 0.4) is 0 Å². The van der Waals surface area contributed by atoms with Gasteiger partial charge in [-0.15, -0.1) is 5.10 Å². The standard InChI is InChI=1S/C24H17N3O3S3/c1-29-21-13-17(14-25)7-12-20(21)30-22(28)18-8-10-19(11-9-18)27-24(31)33-23(26-27)32-15-16-5-3-2-4-6-16/h2-13H,15H2,1H3. The minimum Gasteiger partial charge on any atom is -0.493 e. The van der Waals surface area contributed by atoms with Gasteiger partial charge in [0.25, 0.3) is 0 Å². The van der Waals surface area contributed by atoms with Gasteiger partial charge in [0.2, 0.25) is 0 Å². The summed E-state index contributed by atoms with van der Waals surface area (Å²) in [6.45, 7) is 0. The van der Waals surface area contributed by atoms with E-state index in [1.807, 2.05) is 24.3 Å². The molecule has 0 N–H and O–H groups in total. The molecule has 9 heteroatoms. The van der Waals surface area contributed by atoms with Crippen LogP contribution in [-0.2, 0) is 5.75 Å². The fourth-order valence-electron chi connectivity index (χ4n) is 2.92. The lowest BCUT2D eigenvalue weighted by atomic mass is 10.2. The fraction of sp³-hybridized carbons (Fsp3) is 0.0833. The van der Waals surface area contributed by atoms with Crippen LogP contribution >= 0.6 is 35.3 Å². The van der Waals surface area contributed by atoms with Crippen LogP contribution < -0.4 is 9.47 Å². The molecule has 6 nitrogen and oxygen atoms in total. The number of ether oxygens (including phenoxy) is 2. The average Bonchev–Trinajstić information content (AvgIpc) is 3.24. The normalized spacial score (nSPS) is 10.4. The highest BCUT2D eigenvalue weighted by atomic mass is 32.2. The van der Waals surface area contributed by atoms with Crippen molar-refractivity contribution < 1.29 is 14.3 Å². The molecule has 0 radical (unpaired) electrons. The molecule has 164 valence electrons. The molecule has 4 aromatic rings. The molecular formula is C24H17N3O3S3. The lowest BCUT2D eigenvalue weighted by molar-refractivity contribution is 0.0729. The van der Waals surface area contributed by atoms with Gasteiger partial charge in [-0.1, -0.05) is 53.4 Å². The molecule has 0 atom stereocenters. The minimum absolute atomic E-state index is 0.243. The van der Waals surface area contributed by atoms with E-state index in [2.05, 4.69) is 17.2 Å². The molecule has 0 saturated carbocycles. The summed E-state index contributed by atoms with van der Waals surface area (Å²) in [6.07, 6.45) is 0. The lowest BCUT2D eigenvalue weighted by Gasteiger charge is -2.09. The largest absolute Gasteiger partial charge is 0.493 e. The first kappa shape index (κ1) is 22.7. The Hall–Kier alpha value is -3.45. The molecule has 0 bridgehead atoms. The summed E-state index contributed by atoms with van der Waals surface area (Å²) in [5.41, 5.74) is 2.76. The maximum absolute atomic E-state index is 12.6. The highest BCUT2D eigenvalue weighted by Gasteiger charge is 2.14. The summed E-state index contributed by atoms with van der Waals surface area (Å²) in [5, 5.41) is 13.6. The number of hydrogen-bond acceptors (Lipinski definition) is 8. The number of rotatable bonds is 7. The molecular weight excluding hydrogens is 474 g/mol. The molecule has 0 aliphatic heterocycles. The molecule has 0 spiro atoms. The fourth-order valence-corrected chi connectivity index (χ4v) is 5.24. The molecule has 1 heterocycles. The summed E-state index contributed by atoms with van der Waals surface area (Å²) in [4.78, 5) is 12.6. The van der Waals surface area contributed by atoms with Crippen molar-refractivity contribution >= 4 is 41.3 Å². The summed E-state index contributed by atoms with van der Waals surface area (Å²) >= 11 is 8.56. The van der Waals surface area contributed by atoms with Crippen LogP contribution in [0, 0.1) is 15.3 Å². The van der Waals surface area contributed by atoms with Gasteiger partial charge in [-0.25, -0.2) is 9.48 Å². The first-order valence-electron chi connectivity index (χ1n) is 9.75. The summed E-state index contributed by atoms with van der Waals surface area (Å²) < 4.78 is 13.9. The number of hydrogen-bond donors (Lipinski definition) is 0. The highest BCUT2D eigenvalue weighted by molar-refractivity contribution is 8.00. The van der Waals surface area contributed by atoms with Gasteiger partial charge in [-0.3, -0.25) is 0 Å². The van der Waals surface area contributed by atoms with Gasteiger partial charge in [-0.05, 0) is 54.2 Å². The number of esters is 1. The molecule has 3 aromatic carbocycles. The zero-order valence-corrected chi connectivity index (χ0v) is 19.9. The molecule has 0 aliphatic carbocycles. The Morgan fingerprint density at radius 1 is 1.12 bits per heavy atom. The van der Waals surface area contributed by atoms with E-state index in [9.17, 15) is 4.79 Å². The maximum Gasteiger partial charge on any atom is 0.343 e. The smallest absolute Gasteiger partial charge is 0.343 e. The van der Waals surface area contributed by atoms with Crippen molar-refractivity contribution in [2.24, 2.45) is 0 Å². The topological polar surface area (TPSA) is 77.1 Å². The van der Waals surface area contributed by atoms with Gasteiger partial charge < -0.3 is 9.47 Å². The predicted octanol–water partition coefficient (Wildman–Crippen LogP) is 6.06. The summed E-state index contributed by atoms with van der Waals surface area (Å²) in [5.74, 6) is 0.832. The summed E-state index contributed by atoms with van der Waals surface area (Å²) in [7, 11) is 1.45. The number of benzene rings is 3. The quantitative estimate of drug-likeness (QED) is 0.135. The third-order valence-corrected chi connectivity index (χ3v) is 7.01. The molecule has 33 heavy (non-hydrogen) atoms. The van der Waals surface area contributed by atoms with Gasteiger partial charge >= 0.3 is 5.97 Å². The van der Waals surface area contributed by atoms with Crippen LogP contribution in [0.15, 0.2) is 77.1 Å². The third-order valence-electron chi connectivity index (χ3n) is 4.58. The summed E-state index contributed by atoms with van der Waals surface area (Å²) in [6, 6.07) is 23.7. The van der Waals surface area contributed by atoms with Crippen molar-refractivity contribution in [1.29, 1.82) is 5.26 Å².